The van der Waals surface area contributed by atoms with Crippen molar-refractivity contribution in [3.8, 4) is 0 Å². The van der Waals surface area contributed by atoms with Gasteiger partial charge in [-0.3, -0.25) is 4.79 Å². The highest BCUT2D eigenvalue weighted by Gasteiger charge is 2.18. The maximum atomic E-state index is 12.1. The molecule has 0 aliphatic heterocycles. The fourth-order valence-electron chi connectivity index (χ4n) is 1.96. The lowest BCUT2D eigenvalue weighted by atomic mass is 10.1. The van der Waals surface area contributed by atoms with Crippen molar-refractivity contribution in [2.45, 2.75) is 6.10 Å². The third-order valence-electron chi connectivity index (χ3n) is 3.11. The number of methoxy groups -OCH3 is 1. The molecule has 0 unspecified atom stereocenters. The van der Waals surface area contributed by atoms with Gasteiger partial charge in [-0.2, -0.15) is 5.10 Å². The molecule has 6 heteroatoms. The molecule has 0 aromatic heterocycles. The molecule has 0 spiro atoms. The number of nitrogens with one attached hydrogen (secondary N) is 1. The van der Waals surface area contributed by atoms with E-state index in [-0.39, 0.29) is 5.56 Å². The van der Waals surface area contributed by atoms with Crippen molar-refractivity contribution in [2.24, 2.45) is 5.10 Å². The third-order valence-corrected chi connectivity index (χ3v) is 3.11. The number of nitrogens with zero attached hydrogens (tertiary/aromatic N) is 1. The predicted octanol–water partition coefficient (Wildman–Crippen LogP) is 0.888. The summed E-state index contributed by atoms with van der Waals surface area (Å²) in [6.07, 6.45) is 0.656. The molecule has 0 heterocycles. The summed E-state index contributed by atoms with van der Waals surface area (Å²) >= 11 is 0. The van der Waals surface area contributed by atoms with E-state index in [0.717, 1.165) is 5.56 Å². The van der Waals surface area contributed by atoms with Crippen molar-refractivity contribution in [3.05, 3.63) is 71.3 Å². The Bertz CT molecular complexity index is 696. The Hall–Kier alpha value is -2.99. The number of amides is 1. The van der Waals surface area contributed by atoms with E-state index in [1.165, 1.54) is 25.5 Å². The molecule has 0 saturated carbocycles. The highest BCUT2D eigenvalue weighted by Crippen LogP contribution is 2.15. The molecule has 2 aromatic rings. The molecule has 0 aliphatic rings. The summed E-state index contributed by atoms with van der Waals surface area (Å²) in [5.74, 6) is -1.64. The Morgan fingerprint density at radius 3 is 2.35 bits per heavy atom. The molecular formula is C17H15N2O4-. The summed E-state index contributed by atoms with van der Waals surface area (Å²) in [5.41, 5.74) is 3.84. The summed E-state index contributed by atoms with van der Waals surface area (Å²) in [6.45, 7) is 0. The van der Waals surface area contributed by atoms with E-state index in [9.17, 15) is 14.7 Å². The number of rotatable bonds is 6. The molecule has 0 saturated heterocycles. The smallest absolute Gasteiger partial charge is 0.273 e. The average Bonchev–Trinajstić information content (AvgIpc) is 2.57. The molecule has 2 rings (SSSR count). The Labute approximate surface area is 133 Å². The van der Waals surface area contributed by atoms with Crippen LogP contribution in [-0.4, -0.2) is 25.2 Å². The Balaban J connectivity index is 1.98. The normalized spacial score (nSPS) is 12.0. The van der Waals surface area contributed by atoms with Crippen LogP contribution in [0.25, 0.3) is 0 Å². The van der Waals surface area contributed by atoms with E-state index in [1.54, 1.807) is 24.3 Å². The molecular weight excluding hydrogens is 296 g/mol. The first-order chi connectivity index (χ1) is 11.1. The van der Waals surface area contributed by atoms with Crippen molar-refractivity contribution >= 4 is 18.1 Å². The van der Waals surface area contributed by atoms with Gasteiger partial charge in [0.1, 0.15) is 0 Å². The molecule has 6 nitrogen and oxygen atoms in total. The first kappa shape index (κ1) is 16.4. The third kappa shape index (κ3) is 4.49. The number of aromatic carboxylic acids is 1. The number of carboxylic acid groups (broad SMARTS) is 1. The van der Waals surface area contributed by atoms with Gasteiger partial charge in [-0.25, -0.2) is 5.43 Å². The lowest BCUT2D eigenvalue weighted by Gasteiger charge is -2.13. The monoisotopic (exact) mass is 311 g/mol. The maximum Gasteiger partial charge on any atom is 0.273 e. The Morgan fingerprint density at radius 1 is 1.13 bits per heavy atom. The van der Waals surface area contributed by atoms with E-state index in [0.29, 0.717) is 5.56 Å². The van der Waals surface area contributed by atoms with E-state index in [2.05, 4.69) is 10.5 Å². The van der Waals surface area contributed by atoms with Crippen LogP contribution >= 0.6 is 0 Å². The van der Waals surface area contributed by atoms with Gasteiger partial charge in [0, 0.05) is 7.11 Å². The van der Waals surface area contributed by atoms with Crippen molar-refractivity contribution in [1.29, 1.82) is 0 Å². The van der Waals surface area contributed by atoms with Gasteiger partial charge in [-0.1, -0.05) is 54.6 Å². The summed E-state index contributed by atoms with van der Waals surface area (Å²) in [5, 5.41) is 14.5. The number of hydrogen-bond acceptors (Lipinski definition) is 5. The lowest BCUT2D eigenvalue weighted by molar-refractivity contribution is -0.255. The number of hydrazone groups is 1. The first-order valence-corrected chi connectivity index (χ1v) is 6.84. The average molecular weight is 311 g/mol. The van der Waals surface area contributed by atoms with E-state index >= 15 is 0 Å². The fourth-order valence-corrected chi connectivity index (χ4v) is 1.96. The van der Waals surface area contributed by atoms with E-state index in [4.69, 9.17) is 4.74 Å². The van der Waals surface area contributed by atoms with Gasteiger partial charge < -0.3 is 14.6 Å². The van der Waals surface area contributed by atoms with Crippen molar-refractivity contribution in [2.75, 3.05) is 7.11 Å². The van der Waals surface area contributed by atoms with Crippen LogP contribution in [0.4, 0.5) is 0 Å². The van der Waals surface area contributed by atoms with Crippen LogP contribution < -0.4 is 10.5 Å². The molecule has 1 N–H and O–H groups in total. The molecule has 0 bridgehead atoms. The minimum Gasteiger partial charge on any atom is -0.545 e. The molecule has 2 aromatic carbocycles. The zero-order chi connectivity index (χ0) is 16.7. The van der Waals surface area contributed by atoms with Crippen LogP contribution in [0.5, 0.6) is 0 Å². The molecule has 0 aliphatic carbocycles. The second kappa shape index (κ2) is 7.86. The number of carbonyl (C=O) groups excluding carboxylic acids is 2. The minimum atomic E-state index is -1.24. The van der Waals surface area contributed by atoms with Crippen LogP contribution in [0, 0.1) is 0 Å². The van der Waals surface area contributed by atoms with Crippen LogP contribution in [0.2, 0.25) is 0 Å². The van der Waals surface area contributed by atoms with Crippen LogP contribution in [0.3, 0.4) is 0 Å². The molecule has 23 heavy (non-hydrogen) atoms. The number of ether oxygens (including phenoxy) is 1. The number of carboxylic acids is 1. The molecule has 1 amide bonds. The SMILES string of the molecule is CO[C@H](C(=O)N/N=C\c1ccc(C(=O)[O-])cc1)c1ccccc1. The first-order valence-electron chi connectivity index (χ1n) is 6.84. The quantitative estimate of drug-likeness (QED) is 0.633. The van der Waals surface area contributed by atoms with Gasteiger partial charge in [-0.05, 0) is 16.7 Å². The standard InChI is InChI=1S/C17H16N2O4/c1-23-15(13-5-3-2-4-6-13)16(20)19-18-11-12-7-9-14(10-8-12)17(21)22/h2-11,15H,1H3,(H,19,20)(H,21,22)/p-1/b18-11-/t15-/m0/s1. The Morgan fingerprint density at radius 2 is 1.78 bits per heavy atom. The lowest BCUT2D eigenvalue weighted by Crippen LogP contribution is -2.26. The zero-order valence-electron chi connectivity index (χ0n) is 12.4. The fraction of sp³-hybridized carbons (Fsp3) is 0.118. The highest BCUT2D eigenvalue weighted by molar-refractivity contribution is 5.88. The largest absolute Gasteiger partial charge is 0.545 e. The van der Waals surface area contributed by atoms with Crippen molar-refractivity contribution in [1.82, 2.24) is 5.43 Å². The highest BCUT2D eigenvalue weighted by atomic mass is 16.5. The van der Waals surface area contributed by atoms with Crippen LogP contribution in [-0.2, 0) is 9.53 Å². The zero-order valence-corrected chi connectivity index (χ0v) is 12.4. The molecule has 118 valence electrons. The molecule has 0 radical (unpaired) electrons. The summed E-state index contributed by atoms with van der Waals surface area (Å²) in [6, 6.07) is 15.0. The van der Waals surface area contributed by atoms with Gasteiger partial charge in [-0.15, -0.1) is 0 Å². The predicted molar refractivity (Wildman–Crippen MR) is 82.7 cm³/mol. The number of hydrogen-bond donors (Lipinski definition) is 1. The second-order valence-electron chi connectivity index (χ2n) is 4.67. The van der Waals surface area contributed by atoms with Gasteiger partial charge in [0.15, 0.2) is 6.10 Å². The summed E-state index contributed by atoms with van der Waals surface area (Å²) < 4.78 is 5.18. The molecule has 0 fully saturated rings. The van der Waals surface area contributed by atoms with Crippen LogP contribution in [0.15, 0.2) is 59.7 Å². The van der Waals surface area contributed by atoms with Crippen molar-refractivity contribution in [3.63, 3.8) is 0 Å². The summed E-state index contributed by atoms with van der Waals surface area (Å²) in [4.78, 5) is 22.7. The number of carbonyl (C=O) groups is 2. The van der Waals surface area contributed by atoms with Gasteiger partial charge in [0.25, 0.3) is 5.91 Å². The van der Waals surface area contributed by atoms with Gasteiger partial charge >= 0.3 is 0 Å². The van der Waals surface area contributed by atoms with Gasteiger partial charge in [0.05, 0.1) is 12.2 Å². The second-order valence-corrected chi connectivity index (χ2v) is 4.67. The minimum absolute atomic E-state index is 0.0784. The van der Waals surface area contributed by atoms with E-state index in [1.807, 2.05) is 18.2 Å². The summed E-state index contributed by atoms with van der Waals surface area (Å²) in [7, 11) is 1.44. The van der Waals surface area contributed by atoms with Crippen LogP contribution in [0.1, 0.15) is 27.6 Å². The number of benzene rings is 2. The van der Waals surface area contributed by atoms with E-state index < -0.39 is 18.0 Å². The van der Waals surface area contributed by atoms with Crippen molar-refractivity contribution < 1.29 is 19.4 Å². The van der Waals surface area contributed by atoms with Gasteiger partial charge in [0.2, 0.25) is 0 Å². The Kier molecular flexibility index (Phi) is 5.60. The molecule has 1 atom stereocenters. The topological polar surface area (TPSA) is 90.8 Å². The maximum absolute atomic E-state index is 12.1.